The van der Waals surface area contributed by atoms with Gasteiger partial charge in [-0.15, -0.1) is 15.3 Å². The van der Waals surface area contributed by atoms with Gasteiger partial charge in [-0.05, 0) is 24.0 Å². The molecule has 1 amide bonds. The molecule has 3 rings (SSSR count). The maximum Gasteiger partial charge on any atom is 0.286 e. The molecule has 0 spiro atoms. The molecule has 0 saturated heterocycles. The van der Waals surface area contributed by atoms with E-state index in [9.17, 15) is 4.79 Å². The summed E-state index contributed by atoms with van der Waals surface area (Å²) in [5.41, 5.74) is 3.02. The first-order chi connectivity index (χ1) is 10.1. The first-order valence-corrected chi connectivity index (χ1v) is 7.45. The zero-order chi connectivity index (χ0) is 15.0. The van der Waals surface area contributed by atoms with Crippen molar-refractivity contribution in [3.63, 3.8) is 0 Å². The van der Waals surface area contributed by atoms with E-state index in [1.165, 1.54) is 22.2 Å². The van der Waals surface area contributed by atoms with Crippen LogP contribution in [0, 0.1) is 6.92 Å². The van der Waals surface area contributed by atoms with Crippen molar-refractivity contribution in [1.82, 2.24) is 19.8 Å². The normalized spacial score (nSPS) is 11.2. The number of nitrogens with one attached hydrogen (secondary N) is 1. The number of aryl methyl sites for hydroxylation is 1. The van der Waals surface area contributed by atoms with Crippen molar-refractivity contribution in [1.29, 1.82) is 0 Å². The molecule has 108 valence electrons. The van der Waals surface area contributed by atoms with Crippen LogP contribution in [-0.2, 0) is 0 Å². The summed E-state index contributed by atoms with van der Waals surface area (Å²) in [6, 6.07) is 6.02. The van der Waals surface area contributed by atoms with E-state index < -0.39 is 0 Å². The highest BCUT2D eigenvalue weighted by molar-refractivity contribution is 7.18. The third-order valence-corrected chi connectivity index (χ3v) is 4.16. The lowest BCUT2D eigenvalue weighted by atomic mass is 9.98. The monoisotopic (exact) mass is 301 g/mol. The summed E-state index contributed by atoms with van der Waals surface area (Å²) in [5.74, 6) is 0.111. The zero-order valence-corrected chi connectivity index (χ0v) is 12.8. The number of nitrogens with zero attached hydrogens (tertiary/aromatic N) is 4. The quantitative estimate of drug-likeness (QED) is 0.807. The number of rotatable bonds is 3. The van der Waals surface area contributed by atoms with Crippen LogP contribution in [0.25, 0.3) is 4.96 Å². The Kier molecular flexibility index (Phi) is 3.42. The van der Waals surface area contributed by atoms with Crippen molar-refractivity contribution in [2.24, 2.45) is 0 Å². The summed E-state index contributed by atoms with van der Waals surface area (Å²) in [6.45, 7) is 6.20. The molecule has 3 aromatic rings. The molecule has 6 nitrogen and oxygen atoms in total. The van der Waals surface area contributed by atoms with Gasteiger partial charge in [0.05, 0.1) is 0 Å². The number of hydrogen-bond donors (Lipinski definition) is 1. The molecule has 0 radical (unpaired) electrons. The predicted molar refractivity (Wildman–Crippen MR) is 81.9 cm³/mol. The first-order valence-electron chi connectivity index (χ1n) is 6.64. The minimum atomic E-state index is -0.221. The molecule has 7 heteroatoms. The molecule has 0 aliphatic heterocycles. The summed E-state index contributed by atoms with van der Waals surface area (Å²) < 4.78 is 1.50. The van der Waals surface area contributed by atoms with Crippen molar-refractivity contribution in [3.8, 4) is 0 Å². The molecule has 0 saturated carbocycles. The maximum atomic E-state index is 12.4. The number of para-hydroxylation sites is 1. The molecule has 1 aromatic carbocycles. The van der Waals surface area contributed by atoms with Gasteiger partial charge < -0.3 is 5.32 Å². The van der Waals surface area contributed by atoms with Crippen LogP contribution < -0.4 is 5.32 Å². The second-order valence-electron chi connectivity index (χ2n) is 5.11. The number of benzene rings is 1. The van der Waals surface area contributed by atoms with Gasteiger partial charge in [0, 0.05) is 5.69 Å². The van der Waals surface area contributed by atoms with Crippen LogP contribution in [0.15, 0.2) is 24.5 Å². The van der Waals surface area contributed by atoms with Gasteiger partial charge in [-0.2, -0.15) is 4.52 Å². The van der Waals surface area contributed by atoms with Crippen molar-refractivity contribution in [2.75, 3.05) is 5.32 Å². The van der Waals surface area contributed by atoms with Gasteiger partial charge in [0.15, 0.2) is 0 Å². The summed E-state index contributed by atoms with van der Waals surface area (Å²) in [4.78, 5) is 13.0. The van der Waals surface area contributed by atoms with E-state index in [4.69, 9.17) is 0 Å². The highest BCUT2D eigenvalue weighted by Gasteiger charge is 2.17. The van der Waals surface area contributed by atoms with Crippen LogP contribution in [0.5, 0.6) is 0 Å². The number of carbonyl (C=O) groups excluding carboxylic acids is 1. The van der Waals surface area contributed by atoms with Crippen LogP contribution in [0.1, 0.15) is 40.7 Å². The minimum Gasteiger partial charge on any atom is -0.319 e. The second kappa shape index (κ2) is 5.25. The summed E-state index contributed by atoms with van der Waals surface area (Å²) in [5, 5.41) is 15.1. The van der Waals surface area contributed by atoms with Gasteiger partial charge in [0.2, 0.25) is 9.97 Å². The molecular formula is C14H15N5OS. The van der Waals surface area contributed by atoms with Gasteiger partial charge in [0.25, 0.3) is 5.91 Å². The fraction of sp³-hybridized carbons (Fsp3) is 0.286. The number of anilines is 1. The Morgan fingerprint density at radius 1 is 1.38 bits per heavy atom. The average Bonchev–Trinajstić information content (AvgIpc) is 3.01. The third-order valence-electron chi connectivity index (χ3n) is 3.25. The van der Waals surface area contributed by atoms with E-state index in [1.807, 2.05) is 25.1 Å². The van der Waals surface area contributed by atoms with E-state index in [0.717, 1.165) is 16.8 Å². The van der Waals surface area contributed by atoms with Crippen molar-refractivity contribution >= 4 is 27.9 Å². The first kappa shape index (κ1) is 13.7. The second-order valence-corrected chi connectivity index (χ2v) is 6.07. The van der Waals surface area contributed by atoms with E-state index >= 15 is 0 Å². The van der Waals surface area contributed by atoms with Crippen LogP contribution in [0.2, 0.25) is 0 Å². The predicted octanol–water partition coefficient (Wildman–Crippen LogP) is 2.87. The van der Waals surface area contributed by atoms with Crippen LogP contribution in [0.3, 0.4) is 0 Å². The fourth-order valence-electron chi connectivity index (χ4n) is 2.16. The largest absolute Gasteiger partial charge is 0.319 e. The molecule has 0 unspecified atom stereocenters. The third kappa shape index (κ3) is 2.52. The van der Waals surface area contributed by atoms with Crippen LogP contribution in [0.4, 0.5) is 5.69 Å². The average molecular weight is 301 g/mol. The van der Waals surface area contributed by atoms with E-state index in [0.29, 0.717) is 15.9 Å². The van der Waals surface area contributed by atoms with Crippen LogP contribution in [-0.4, -0.2) is 25.7 Å². The summed E-state index contributed by atoms with van der Waals surface area (Å²) in [6.07, 6.45) is 1.48. The summed E-state index contributed by atoms with van der Waals surface area (Å²) in [7, 11) is 0. The Balaban J connectivity index is 1.93. The number of hydrogen-bond acceptors (Lipinski definition) is 5. The van der Waals surface area contributed by atoms with Gasteiger partial charge in [-0.3, -0.25) is 4.79 Å². The topological polar surface area (TPSA) is 72.2 Å². The number of aromatic nitrogens is 4. The zero-order valence-electron chi connectivity index (χ0n) is 12.0. The molecule has 0 aliphatic rings. The number of amides is 1. The van der Waals surface area contributed by atoms with Crippen molar-refractivity contribution < 1.29 is 4.79 Å². The van der Waals surface area contributed by atoms with E-state index in [-0.39, 0.29) is 5.91 Å². The summed E-state index contributed by atoms with van der Waals surface area (Å²) >= 11 is 1.22. The van der Waals surface area contributed by atoms with E-state index in [1.54, 1.807) is 0 Å². The van der Waals surface area contributed by atoms with E-state index in [2.05, 4.69) is 34.5 Å². The lowest BCUT2D eigenvalue weighted by molar-refractivity contribution is 0.102. The Bertz CT molecular complexity index is 776. The molecule has 2 aromatic heterocycles. The minimum absolute atomic E-state index is 0.221. The molecule has 0 atom stereocenters. The van der Waals surface area contributed by atoms with Gasteiger partial charge in [-0.25, -0.2) is 0 Å². The standard InChI is InChI=1S/C14H15N5OS/c1-8(2)10-6-4-5-9(3)11(10)16-12(20)13-18-19-7-15-17-14(19)21-13/h4-8H,1-3H3,(H,16,20). The number of carbonyl (C=O) groups is 1. The lowest BCUT2D eigenvalue weighted by Gasteiger charge is -2.15. The van der Waals surface area contributed by atoms with Crippen molar-refractivity contribution in [3.05, 3.63) is 40.7 Å². The molecule has 2 heterocycles. The van der Waals surface area contributed by atoms with Crippen molar-refractivity contribution in [2.45, 2.75) is 26.7 Å². The molecule has 0 fully saturated rings. The Labute approximate surface area is 125 Å². The number of fused-ring (bicyclic) bond motifs is 1. The van der Waals surface area contributed by atoms with Crippen LogP contribution >= 0.6 is 11.3 Å². The molecule has 21 heavy (non-hydrogen) atoms. The SMILES string of the molecule is Cc1cccc(C(C)C)c1NC(=O)c1nn2cnnc2s1. The highest BCUT2D eigenvalue weighted by Crippen LogP contribution is 2.28. The van der Waals surface area contributed by atoms with Gasteiger partial charge in [-0.1, -0.05) is 43.4 Å². The Hall–Kier alpha value is -2.28. The Morgan fingerprint density at radius 2 is 2.19 bits per heavy atom. The molecular weight excluding hydrogens is 286 g/mol. The maximum absolute atomic E-state index is 12.4. The molecule has 0 bridgehead atoms. The molecule has 0 aliphatic carbocycles. The Morgan fingerprint density at radius 3 is 2.90 bits per heavy atom. The fourth-order valence-corrected chi connectivity index (χ4v) is 2.88. The lowest BCUT2D eigenvalue weighted by Crippen LogP contribution is -2.15. The van der Waals surface area contributed by atoms with Gasteiger partial charge in [0.1, 0.15) is 6.33 Å². The van der Waals surface area contributed by atoms with Gasteiger partial charge >= 0.3 is 0 Å². The highest BCUT2D eigenvalue weighted by atomic mass is 32.1. The molecule has 1 N–H and O–H groups in total. The smallest absolute Gasteiger partial charge is 0.286 e.